The molecule has 0 saturated heterocycles. The molecule has 0 radical (unpaired) electrons. The second-order valence-corrected chi connectivity index (χ2v) is 7.84. The normalized spacial score (nSPS) is 11.6. The Balaban J connectivity index is 2.23. The highest BCUT2D eigenvalue weighted by molar-refractivity contribution is 7.89. The smallest absolute Gasteiger partial charge is 0.238 e. The molecule has 4 nitrogen and oxygen atoms in total. The van der Waals surface area contributed by atoms with Crippen molar-refractivity contribution in [3.63, 3.8) is 0 Å². The molecule has 1 aromatic carbocycles. The van der Waals surface area contributed by atoms with Gasteiger partial charge in [-0.25, -0.2) is 13.6 Å². The third kappa shape index (κ3) is 3.39. The molecule has 0 aliphatic heterocycles. The maximum absolute atomic E-state index is 11.4. The van der Waals surface area contributed by atoms with Gasteiger partial charge in [0.2, 0.25) is 10.0 Å². The van der Waals surface area contributed by atoms with E-state index in [-0.39, 0.29) is 4.90 Å². The third-order valence-corrected chi connectivity index (χ3v) is 5.07. The Hall–Kier alpha value is -1.37. The van der Waals surface area contributed by atoms with E-state index in [1.54, 1.807) is 23.5 Å². The van der Waals surface area contributed by atoms with E-state index in [9.17, 15) is 8.42 Å². The molecule has 2 aromatic rings. The fourth-order valence-electron chi connectivity index (χ4n) is 2.02. The number of thiophene rings is 1. The van der Waals surface area contributed by atoms with Gasteiger partial charge in [-0.2, -0.15) is 0 Å². The van der Waals surface area contributed by atoms with E-state index in [1.165, 1.54) is 21.4 Å². The van der Waals surface area contributed by atoms with Crippen molar-refractivity contribution in [2.24, 2.45) is 5.14 Å². The summed E-state index contributed by atoms with van der Waals surface area (Å²) >= 11 is 1.76. The first kappa shape index (κ1) is 15.0. The summed E-state index contributed by atoms with van der Waals surface area (Å²) in [6.45, 7) is 6.77. The molecule has 20 heavy (non-hydrogen) atoms. The topological polar surface area (TPSA) is 72.2 Å². The van der Waals surface area contributed by atoms with Gasteiger partial charge in [-0.15, -0.1) is 11.3 Å². The van der Waals surface area contributed by atoms with E-state index in [0.29, 0.717) is 6.54 Å². The predicted octanol–water partition coefficient (Wildman–Crippen LogP) is 2.93. The van der Waals surface area contributed by atoms with Gasteiger partial charge in [0.05, 0.1) is 4.90 Å². The Morgan fingerprint density at radius 3 is 2.45 bits per heavy atom. The first-order valence-corrected chi connectivity index (χ1v) is 8.57. The fourth-order valence-corrected chi connectivity index (χ4v) is 3.50. The van der Waals surface area contributed by atoms with Crippen molar-refractivity contribution in [3.05, 3.63) is 45.1 Å². The summed E-state index contributed by atoms with van der Waals surface area (Å²) < 4.78 is 22.8. The number of anilines is 1. The van der Waals surface area contributed by atoms with Crippen LogP contribution in [0.15, 0.2) is 29.2 Å². The number of nitrogens with two attached hydrogens (primary N) is 1. The molecule has 1 aromatic heterocycles. The third-order valence-electron chi connectivity index (χ3n) is 3.15. The van der Waals surface area contributed by atoms with E-state index < -0.39 is 10.0 Å². The molecule has 0 aliphatic carbocycles. The highest BCUT2D eigenvalue weighted by atomic mass is 32.2. The minimum absolute atomic E-state index is 0.129. The molecule has 3 N–H and O–H groups in total. The minimum Gasteiger partial charge on any atom is -0.381 e. The molecule has 6 heteroatoms. The number of hydrogen-bond acceptors (Lipinski definition) is 4. The van der Waals surface area contributed by atoms with E-state index >= 15 is 0 Å². The van der Waals surface area contributed by atoms with Crippen molar-refractivity contribution in [1.29, 1.82) is 0 Å². The van der Waals surface area contributed by atoms with Crippen molar-refractivity contribution in [2.45, 2.75) is 32.2 Å². The van der Waals surface area contributed by atoms with Crippen LogP contribution in [0.25, 0.3) is 0 Å². The lowest BCUT2D eigenvalue weighted by Gasteiger charge is -2.11. The van der Waals surface area contributed by atoms with E-state index in [1.807, 2.05) is 6.92 Å². The number of primary sulfonamides is 1. The van der Waals surface area contributed by atoms with Gasteiger partial charge in [0, 0.05) is 22.0 Å². The molecule has 0 bridgehead atoms. The van der Waals surface area contributed by atoms with E-state index in [0.717, 1.165) is 11.3 Å². The second-order valence-electron chi connectivity index (χ2n) is 4.81. The SMILES string of the molecule is Cc1cc(CNc2cc(S(N)(=O)=O)ccc2C)c(C)s1. The number of benzene rings is 1. The molecule has 0 spiro atoms. The van der Waals surface area contributed by atoms with E-state index in [4.69, 9.17) is 5.14 Å². The number of aryl methyl sites for hydroxylation is 3. The number of hydrogen-bond donors (Lipinski definition) is 2. The fraction of sp³-hybridized carbons (Fsp3) is 0.286. The van der Waals surface area contributed by atoms with Crippen molar-refractivity contribution >= 4 is 27.0 Å². The zero-order valence-corrected chi connectivity index (χ0v) is 13.4. The Morgan fingerprint density at radius 2 is 1.90 bits per heavy atom. The Morgan fingerprint density at radius 1 is 1.20 bits per heavy atom. The van der Waals surface area contributed by atoms with Gasteiger partial charge >= 0.3 is 0 Å². The second kappa shape index (κ2) is 5.55. The van der Waals surface area contributed by atoms with Crippen molar-refractivity contribution in [3.8, 4) is 0 Å². The molecule has 0 fully saturated rings. The lowest BCUT2D eigenvalue weighted by molar-refractivity contribution is 0.598. The monoisotopic (exact) mass is 310 g/mol. The highest BCUT2D eigenvalue weighted by Crippen LogP contribution is 2.24. The van der Waals surface area contributed by atoms with Crippen LogP contribution in [0, 0.1) is 20.8 Å². The molecule has 0 atom stereocenters. The number of rotatable bonds is 4. The molecule has 108 valence electrons. The van der Waals surface area contributed by atoms with Crippen LogP contribution < -0.4 is 10.5 Å². The van der Waals surface area contributed by atoms with Crippen LogP contribution in [0.1, 0.15) is 20.9 Å². The van der Waals surface area contributed by atoms with Gasteiger partial charge < -0.3 is 5.32 Å². The Kier molecular flexibility index (Phi) is 4.17. The molecule has 2 rings (SSSR count). The average molecular weight is 310 g/mol. The zero-order valence-electron chi connectivity index (χ0n) is 11.7. The lowest BCUT2D eigenvalue weighted by atomic mass is 10.2. The molecule has 1 heterocycles. The van der Waals surface area contributed by atoms with E-state index in [2.05, 4.69) is 25.2 Å². The van der Waals surface area contributed by atoms with Gasteiger partial charge in [0.25, 0.3) is 0 Å². The summed E-state index contributed by atoms with van der Waals surface area (Å²) in [5.41, 5.74) is 3.01. The van der Waals surface area contributed by atoms with Crippen molar-refractivity contribution < 1.29 is 8.42 Å². The van der Waals surface area contributed by atoms with Crippen molar-refractivity contribution in [1.82, 2.24) is 0 Å². The van der Waals surface area contributed by atoms with Crippen LogP contribution in [-0.2, 0) is 16.6 Å². The summed E-state index contributed by atoms with van der Waals surface area (Å²) in [6.07, 6.45) is 0. The van der Waals surface area contributed by atoms with Gasteiger partial charge in [0.15, 0.2) is 0 Å². The maximum atomic E-state index is 11.4. The number of sulfonamides is 1. The van der Waals surface area contributed by atoms with Gasteiger partial charge in [-0.3, -0.25) is 0 Å². The average Bonchev–Trinajstić information content (AvgIpc) is 2.65. The summed E-state index contributed by atoms with van der Waals surface area (Å²) in [5.74, 6) is 0. The quantitative estimate of drug-likeness (QED) is 0.912. The standard InChI is InChI=1S/C14H18N2O2S2/c1-9-4-5-13(20(15,17)18)7-14(9)16-8-12-6-10(2)19-11(12)3/h4-7,16H,8H2,1-3H3,(H2,15,17,18). The zero-order chi connectivity index (χ0) is 14.9. The largest absolute Gasteiger partial charge is 0.381 e. The summed E-state index contributed by atoms with van der Waals surface area (Å²) in [5, 5.41) is 8.44. The Bertz CT molecular complexity index is 734. The molecule has 0 aliphatic rings. The molecule has 0 unspecified atom stereocenters. The summed E-state index contributed by atoms with van der Waals surface area (Å²) in [4.78, 5) is 2.67. The molecule has 0 amide bonds. The highest BCUT2D eigenvalue weighted by Gasteiger charge is 2.10. The van der Waals surface area contributed by atoms with Gasteiger partial charge in [-0.1, -0.05) is 6.07 Å². The molecular weight excluding hydrogens is 292 g/mol. The van der Waals surface area contributed by atoms with Crippen molar-refractivity contribution in [2.75, 3.05) is 5.32 Å². The van der Waals surface area contributed by atoms with Crippen LogP contribution >= 0.6 is 11.3 Å². The first-order chi connectivity index (χ1) is 9.27. The van der Waals surface area contributed by atoms with Crippen LogP contribution in [0.4, 0.5) is 5.69 Å². The summed E-state index contributed by atoms with van der Waals surface area (Å²) in [6, 6.07) is 7.01. The van der Waals surface area contributed by atoms with Gasteiger partial charge in [0.1, 0.15) is 0 Å². The lowest BCUT2D eigenvalue weighted by Crippen LogP contribution is -2.13. The van der Waals surface area contributed by atoms with Gasteiger partial charge in [-0.05, 0) is 50.1 Å². The summed E-state index contributed by atoms with van der Waals surface area (Å²) in [7, 11) is -3.67. The Labute approximate surface area is 123 Å². The molecule has 0 saturated carbocycles. The van der Waals surface area contributed by atoms with Crippen LogP contribution in [-0.4, -0.2) is 8.42 Å². The van der Waals surface area contributed by atoms with Crippen LogP contribution in [0.2, 0.25) is 0 Å². The van der Waals surface area contributed by atoms with Crippen LogP contribution in [0.5, 0.6) is 0 Å². The van der Waals surface area contributed by atoms with Crippen LogP contribution in [0.3, 0.4) is 0 Å². The predicted molar refractivity (Wildman–Crippen MR) is 83.7 cm³/mol. The molecular formula is C14H18N2O2S2. The number of nitrogens with one attached hydrogen (secondary N) is 1. The minimum atomic E-state index is -3.67. The maximum Gasteiger partial charge on any atom is 0.238 e. The first-order valence-electron chi connectivity index (χ1n) is 6.20.